The van der Waals surface area contributed by atoms with Crippen LogP contribution in [0.1, 0.15) is 63.0 Å². The maximum atomic E-state index is 16.0. The Morgan fingerprint density at radius 3 is 2.38 bits per heavy atom. The number of aliphatic hydroxyl groups is 1. The number of pyridine rings is 1. The van der Waals surface area contributed by atoms with E-state index in [9.17, 15) is 20.0 Å². The summed E-state index contributed by atoms with van der Waals surface area (Å²) in [6, 6.07) is 18.6. The molecule has 0 unspecified atom stereocenters. The summed E-state index contributed by atoms with van der Waals surface area (Å²) in [6.45, 7) is 15.1. The van der Waals surface area contributed by atoms with Gasteiger partial charge in [-0.05, 0) is 61.9 Å². The number of aromatic nitrogens is 4. The number of piperazine rings is 1. The number of fused-ring (bicyclic) bond motifs is 1. The van der Waals surface area contributed by atoms with Crippen LogP contribution in [0.4, 0.5) is 10.3 Å². The molecular weight excluding hydrogens is 851 g/mol. The molecule has 6 aromatic rings. The number of nitriles is 1. The predicted octanol–water partition coefficient (Wildman–Crippen LogP) is 7.82. The van der Waals surface area contributed by atoms with Crippen LogP contribution >= 0.6 is 11.6 Å². The largest absolute Gasteiger partial charge is 0.489 e. The van der Waals surface area contributed by atoms with E-state index in [1.807, 2.05) is 27.7 Å². The van der Waals surface area contributed by atoms with Gasteiger partial charge in [0.25, 0.3) is 11.5 Å². The van der Waals surface area contributed by atoms with Gasteiger partial charge in [0.1, 0.15) is 35.8 Å². The second-order valence-corrected chi connectivity index (χ2v) is 18.8. The number of anilines is 1. The zero-order valence-electron chi connectivity index (χ0n) is 37.4. The van der Waals surface area contributed by atoms with Gasteiger partial charge in [-0.3, -0.25) is 14.5 Å². The number of amides is 1. The van der Waals surface area contributed by atoms with E-state index in [4.69, 9.17) is 25.8 Å². The Balaban J connectivity index is 0.846. The normalized spacial score (nSPS) is 18.1. The average molecular weight is 903 g/mol. The number of aromatic amines is 1. The molecule has 8 rings (SSSR count). The average Bonchev–Trinajstić information content (AvgIpc) is 3.78. The Bertz CT molecular complexity index is 2840. The Morgan fingerprint density at radius 2 is 1.71 bits per heavy atom. The molecule has 1 saturated heterocycles. The number of nitrogens with zero attached hydrogens (tertiary/aromatic N) is 6. The summed E-state index contributed by atoms with van der Waals surface area (Å²) in [6.07, 6.45) is 6.26. The number of benzene rings is 3. The molecule has 2 aliphatic rings. The van der Waals surface area contributed by atoms with Crippen molar-refractivity contribution < 1.29 is 28.5 Å². The van der Waals surface area contributed by atoms with Crippen LogP contribution < -0.4 is 30.0 Å². The number of hydrogen-bond acceptors (Lipinski definition) is 11. The molecule has 65 heavy (non-hydrogen) atoms. The van der Waals surface area contributed by atoms with Crippen LogP contribution in [0.2, 0.25) is 5.02 Å². The molecule has 338 valence electrons. The highest BCUT2D eigenvalue weighted by Crippen LogP contribution is 2.55. The van der Waals surface area contributed by atoms with Gasteiger partial charge in [-0.15, -0.1) is 0 Å². The SMILES string of the molecule is Cn1cc(-c2cc(C(C)(C)O)ccc2Oc2cccc(OCCN3CCN(c4ncc(C(=O)NC5C(C)(C)C(Oc6ccc(C#N)c(Cl)c6)C5(C)C)cn4)CC3)c2F)c2cc[nH]c2c1=O. The number of carbonyl (C=O) groups excluding carboxylic acids is 1. The number of carbonyl (C=O) groups is 1. The van der Waals surface area contributed by atoms with Crippen LogP contribution in [0.15, 0.2) is 90.2 Å². The van der Waals surface area contributed by atoms with E-state index in [1.54, 1.807) is 100 Å². The van der Waals surface area contributed by atoms with Crippen molar-refractivity contribution in [3.05, 3.63) is 123 Å². The molecule has 0 bridgehead atoms. The first kappa shape index (κ1) is 45.1. The van der Waals surface area contributed by atoms with E-state index in [1.165, 1.54) is 10.6 Å². The van der Waals surface area contributed by atoms with Crippen LogP contribution in [0.3, 0.4) is 0 Å². The summed E-state index contributed by atoms with van der Waals surface area (Å²) >= 11 is 6.25. The third-order valence-electron chi connectivity index (χ3n) is 12.7. The van der Waals surface area contributed by atoms with Crippen molar-refractivity contribution in [3.63, 3.8) is 0 Å². The molecule has 1 aliphatic carbocycles. The van der Waals surface area contributed by atoms with Gasteiger partial charge in [-0.2, -0.15) is 9.65 Å². The number of H-pyrrole nitrogens is 1. The molecule has 0 atom stereocenters. The van der Waals surface area contributed by atoms with Crippen molar-refractivity contribution in [1.29, 1.82) is 5.26 Å². The van der Waals surface area contributed by atoms with Crippen LogP contribution in [0.5, 0.6) is 23.0 Å². The maximum Gasteiger partial charge on any atom is 0.274 e. The molecule has 1 aliphatic heterocycles. The van der Waals surface area contributed by atoms with Gasteiger partial charge in [0.05, 0.1) is 21.8 Å². The van der Waals surface area contributed by atoms with E-state index in [0.29, 0.717) is 93.9 Å². The number of aryl methyl sites for hydroxylation is 1. The molecule has 16 heteroatoms. The Hall–Kier alpha value is -6.47. The minimum atomic E-state index is -1.17. The van der Waals surface area contributed by atoms with E-state index >= 15 is 4.39 Å². The summed E-state index contributed by atoms with van der Waals surface area (Å²) in [4.78, 5) is 42.7. The Labute approximate surface area is 381 Å². The van der Waals surface area contributed by atoms with Crippen molar-refractivity contribution in [1.82, 2.24) is 29.7 Å². The lowest BCUT2D eigenvalue weighted by molar-refractivity contribution is -0.164. The first-order valence-corrected chi connectivity index (χ1v) is 21.8. The summed E-state index contributed by atoms with van der Waals surface area (Å²) in [5.74, 6) is 0.523. The van der Waals surface area contributed by atoms with Crippen molar-refractivity contribution in [2.45, 2.75) is 59.3 Å². The Kier molecular flexibility index (Phi) is 12.1. The molecular formula is C49H52ClFN8O6. The lowest BCUT2D eigenvalue weighted by atomic mass is 9.49. The molecule has 1 saturated carbocycles. The number of rotatable bonds is 13. The lowest BCUT2D eigenvalue weighted by Crippen LogP contribution is -2.74. The van der Waals surface area contributed by atoms with Gasteiger partial charge in [0.2, 0.25) is 11.8 Å². The van der Waals surface area contributed by atoms with Gasteiger partial charge < -0.3 is 39.1 Å². The molecule has 1 amide bonds. The fourth-order valence-electron chi connectivity index (χ4n) is 9.36. The maximum absolute atomic E-state index is 16.0. The first-order chi connectivity index (χ1) is 30.9. The summed E-state index contributed by atoms with van der Waals surface area (Å²) < 4.78 is 36.1. The highest BCUT2D eigenvalue weighted by molar-refractivity contribution is 6.31. The van der Waals surface area contributed by atoms with Gasteiger partial charge in [-0.25, -0.2) is 9.97 Å². The lowest BCUT2D eigenvalue weighted by Gasteiger charge is -2.63. The third kappa shape index (κ3) is 8.86. The van der Waals surface area contributed by atoms with E-state index < -0.39 is 22.2 Å². The number of nitrogens with one attached hydrogen (secondary N) is 2. The molecule has 4 heterocycles. The number of halogens is 2. The van der Waals surface area contributed by atoms with Gasteiger partial charge in [-0.1, -0.05) is 51.4 Å². The summed E-state index contributed by atoms with van der Waals surface area (Å²) in [7, 11) is 1.66. The number of hydrogen-bond donors (Lipinski definition) is 3. The fraction of sp³-hybridized carbons (Fsp3) is 0.367. The molecule has 0 spiro atoms. The van der Waals surface area contributed by atoms with Crippen molar-refractivity contribution in [2.75, 3.05) is 44.2 Å². The second-order valence-electron chi connectivity index (χ2n) is 18.4. The molecule has 2 fully saturated rings. The van der Waals surface area contributed by atoms with Gasteiger partial charge in [0, 0.05) is 104 Å². The highest BCUT2D eigenvalue weighted by atomic mass is 35.5. The minimum absolute atomic E-state index is 0.0341. The van der Waals surface area contributed by atoms with Crippen LogP contribution in [-0.2, 0) is 12.6 Å². The fourth-order valence-corrected chi connectivity index (χ4v) is 9.57. The third-order valence-corrected chi connectivity index (χ3v) is 13.0. The smallest absolute Gasteiger partial charge is 0.274 e. The molecule has 0 radical (unpaired) electrons. The second kappa shape index (κ2) is 17.5. The van der Waals surface area contributed by atoms with Crippen LogP contribution in [0, 0.1) is 28.0 Å². The van der Waals surface area contributed by atoms with Crippen molar-refractivity contribution >= 4 is 34.4 Å². The van der Waals surface area contributed by atoms with Crippen molar-refractivity contribution in [2.24, 2.45) is 17.9 Å². The molecule has 3 N–H and O–H groups in total. The van der Waals surface area contributed by atoms with Crippen molar-refractivity contribution in [3.8, 4) is 40.2 Å². The minimum Gasteiger partial charge on any atom is -0.489 e. The predicted molar refractivity (Wildman–Crippen MR) is 246 cm³/mol. The van der Waals surface area contributed by atoms with Crippen LogP contribution in [-0.4, -0.2) is 86.9 Å². The molecule has 3 aromatic heterocycles. The monoisotopic (exact) mass is 902 g/mol. The summed E-state index contributed by atoms with van der Waals surface area (Å²) in [5, 5.41) is 24.3. The van der Waals surface area contributed by atoms with E-state index in [2.05, 4.69) is 36.1 Å². The highest BCUT2D eigenvalue weighted by Gasteiger charge is 2.64. The first-order valence-electron chi connectivity index (χ1n) is 21.5. The van der Waals surface area contributed by atoms with Gasteiger partial charge >= 0.3 is 0 Å². The molecule has 14 nitrogen and oxygen atoms in total. The standard InChI is InChI=1S/C49H52ClFN8O6/c1-47(2)44(48(3,4)45(47)64-32-13-11-29(25-52)36(50)24-32)56-42(60)30-26-54-46(55-27-30)59-19-17-58(18-20-59)21-22-63-38-9-8-10-39(40(38)51)65-37-14-12-31(49(5,6)62)23-34(37)35-28-57(7)43(61)41-33(35)15-16-53-41/h8-16,23-24,26-28,44-45,53,62H,17-22H2,1-7H3,(H,56,60). The zero-order chi connectivity index (χ0) is 46.4. The van der Waals surface area contributed by atoms with E-state index in [0.717, 1.165) is 0 Å². The van der Waals surface area contributed by atoms with Crippen LogP contribution in [0.25, 0.3) is 22.0 Å². The Morgan fingerprint density at radius 1 is 1.00 bits per heavy atom. The van der Waals surface area contributed by atoms with E-state index in [-0.39, 0.29) is 41.7 Å². The van der Waals surface area contributed by atoms with Gasteiger partial charge in [0.15, 0.2) is 11.5 Å². The number of ether oxygens (including phenoxy) is 3. The zero-order valence-corrected chi connectivity index (χ0v) is 38.2. The summed E-state index contributed by atoms with van der Waals surface area (Å²) in [5.41, 5.74) is 0.835. The topological polar surface area (TPSA) is 171 Å². The molecule has 3 aromatic carbocycles. The quantitative estimate of drug-likeness (QED) is 0.103.